The van der Waals surface area contributed by atoms with Crippen LogP contribution in [0.1, 0.15) is 49.7 Å². The van der Waals surface area contributed by atoms with E-state index in [1.165, 1.54) is 0 Å². The fourth-order valence-electron chi connectivity index (χ4n) is 3.71. The molecule has 0 aromatic carbocycles. The number of nitrogens with zero attached hydrogens (tertiary/aromatic N) is 3. The molecule has 8 heteroatoms. The first-order valence-electron chi connectivity index (χ1n) is 9.53. The van der Waals surface area contributed by atoms with E-state index in [4.69, 9.17) is 21.1 Å². The largest absolute Gasteiger partial charge is 0.444 e. The van der Waals surface area contributed by atoms with Gasteiger partial charge in [0.25, 0.3) is 0 Å². The Balaban J connectivity index is 1.66. The Kier molecular flexibility index (Phi) is 5.87. The van der Waals surface area contributed by atoms with Crippen LogP contribution in [-0.4, -0.2) is 52.6 Å². The standard InChI is InChI=1S/C20H28ClN3O4/c1-12-14-9-24(10-15(14)22-16(11-27-5)17(12)21)18(25)13-6-7-23(8-13)19(26)28-20(2,3)4/h13H,6-11H2,1-5H3/t13-/m1/s1. The highest BCUT2D eigenvalue weighted by Crippen LogP contribution is 2.33. The van der Waals surface area contributed by atoms with Gasteiger partial charge in [-0.05, 0) is 45.2 Å². The zero-order valence-electron chi connectivity index (χ0n) is 17.2. The Morgan fingerprint density at radius 2 is 1.96 bits per heavy atom. The number of ether oxygens (including phenoxy) is 2. The van der Waals surface area contributed by atoms with Crippen LogP contribution < -0.4 is 0 Å². The molecular weight excluding hydrogens is 382 g/mol. The van der Waals surface area contributed by atoms with Gasteiger partial charge in [0.15, 0.2) is 0 Å². The first kappa shape index (κ1) is 20.9. The molecule has 2 amide bonds. The van der Waals surface area contributed by atoms with E-state index in [2.05, 4.69) is 4.98 Å². The lowest BCUT2D eigenvalue weighted by molar-refractivity contribution is -0.135. The van der Waals surface area contributed by atoms with Gasteiger partial charge < -0.3 is 19.3 Å². The molecule has 0 saturated carbocycles. The molecule has 2 aliphatic heterocycles. The summed E-state index contributed by atoms with van der Waals surface area (Å²) in [5, 5.41) is 0.604. The van der Waals surface area contributed by atoms with Crippen molar-refractivity contribution in [3.8, 4) is 0 Å². The maximum Gasteiger partial charge on any atom is 0.410 e. The van der Waals surface area contributed by atoms with Crippen molar-refractivity contribution in [3.63, 3.8) is 0 Å². The fraction of sp³-hybridized carbons (Fsp3) is 0.650. The summed E-state index contributed by atoms with van der Waals surface area (Å²) >= 11 is 6.41. The van der Waals surface area contributed by atoms with Gasteiger partial charge in [0, 0.05) is 26.7 Å². The lowest BCUT2D eigenvalue weighted by Gasteiger charge is -2.25. The number of halogens is 1. The Labute approximate surface area is 170 Å². The number of aromatic nitrogens is 1. The van der Waals surface area contributed by atoms with E-state index in [0.717, 1.165) is 16.8 Å². The zero-order chi connectivity index (χ0) is 20.6. The summed E-state index contributed by atoms with van der Waals surface area (Å²) in [5.74, 6) is -0.163. The number of amides is 2. The molecule has 0 bridgehead atoms. The van der Waals surface area contributed by atoms with E-state index in [1.807, 2.05) is 27.7 Å². The van der Waals surface area contributed by atoms with Gasteiger partial charge in [-0.15, -0.1) is 0 Å². The highest BCUT2D eigenvalue weighted by molar-refractivity contribution is 6.32. The number of fused-ring (bicyclic) bond motifs is 1. The molecule has 28 heavy (non-hydrogen) atoms. The number of hydrogen-bond donors (Lipinski definition) is 0. The third-order valence-corrected chi connectivity index (χ3v) is 5.63. The third kappa shape index (κ3) is 4.25. The Morgan fingerprint density at radius 1 is 1.25 bits per heavy atom. The number of carbonyl (C=O) groups excluding carboxylic acids is 2. The summed E-state index contributed by atoms with van der Waals surface area (Å²) in [4.78, 5) is 33.3. The maximum atomic E-state index is 13.0. The molecule has 1 saturated heterocycles. The Hall–Kier alpha value is -1.86. The van der Waals surface area contributed by atoms with Gasteiger partial charge >= 0.3 is 6.09 Å². The molecule has 2 aliphatic rings. The summed E-state index contributed by atoms with van der Waals surface area (Å²) in [6.45, 7) is 9.70. The minimum absolute atomic E-state index is 0.0490. The number of likely N-dealkylation sites (tertiary alicyclic amines) is 1. The van der Waals surface area contributed by atoms with E-state index in [9.17, 15) is 9.59 Å². The van der Waals surface area contributed by atoms with Crippen molar-refractivity contribution >= 4 is 23.6 Å². The smallest absolute Gasteiger partial charge is 0.410 e. The van der Waals surface area contributed by atoms with Crippen LogP contribution in [0.15, 0.2) is 0 Å². The van der Waals surface area contributed by atoms with Gasteiger partial charge in [0.1, 0.15) is 5.60 Å². The van der Waals surface area contributed by atoms with E-state index in [0.29, 0.717) is 49.9 Å². The molecule has 0 aliphatic carbocycles. The van der Waals surface area contributed by atoms with Crippen LogP contribution in [0.2, 0.25) is 5.02 Å². The molecule has 0 radical (unpaired) electrons. The first-order chi connectivity index (χ1) is 13.1. The third-order valence-electron chi connectivity index (χ3n) is 5.13. The van der Waals surface area contributed by atoms with Gasteiger partial charge in [0.2, 0.25) is 5.91 Å². The quantitative estimate of drug-likeness (QED) is 0.766. The molecular formula is C20H28ClN3O4. The van der Waals surface area contributed by atoms with Crippen LogP contribution in [0, 0.1) is 12.8 Å². The van der Waals surface area contributed by atoms with Crippen molar-refractivity contribution in [1.82, 2.24) is 14.8 Å². The molecule has 154 valence electrons. The maximum absolute atomic E-state index is 13.0. The molecule has 3 rings (SSSR count). The van der Waals surface area contributed by atoms with Crippen LogP contribution in [0.3, 0.4) is 0 Å². The monoisotopic (exact) mass is 409 g/mol. The highest BCUT2D eigenvalue weighted by atomic mass is 35.5. The molecule has 1 atom stereocenters. The number of rotatable bonds is 3. The second kappa shape index (κ2) is 7.87. The predicted molar refractivity (Wildman–Crippen MR) is 105 cm³/mol. The number of hydrogen-bond acceptors (Lipinski definition) is 5. The van der Waals surface area contributed by atoms with Gasteiger partial charge in [-0.25, -0.2) is 4.79 Å². The van der Waals surface area contributed by atoms with Gasteiger partial charge in [-0.3, -0.25) is 9.78 Å². The van der Waals surface area contributed by atoms with Crippen LogP contribution >= 0.6 is 11.6 Å². The summed E-state index contributed by atoms with van der Waals surface area (Å²) in [6.07, 6.45) is 0.286. The molecule has 1 fully saturated rings. The lowest BCUT2D eigenvalue weighted by atomic mass is 10.1. The van der Waals surface area contributed by atoms with Crippen molar-refractivity contribution in [2.75, 3.05) is 20.2 Å². The van der Waals surface area contributed by atoms with Gasteiger partial charge in [-0.1, -0.05) is 11.6 Å². The van der Waals surface area contributed by atoms with Crippen molar-refractivity contribution in [1.29, 1.82) is 0 Å². The summed E-state index contributed by atoms with van der Waals surface area (Å²) in [6, 6.07) is 0. The fourth-order valence-corrected chi connectivity index (χ4v) is 3.92. The lowest BCUT2D eigenvalue weighted by Crippen LogP contribution is -2.37. The molecule has 0 N–H and O–H groups in total. The Bertz CT molecular complexity index is 791. The van der Waals surface area contributed by atoms with Crippen molar-refractivity contribution in [2.45, 2.75) is 59.4 Å². The van der Waals surface area contributed by atoms with E-state index >= 15 is 0 Å². The van der Waals surface area contributed by atoms with Crippen LogP contribution in [0.25, 0.3) is 0 Å². The number of methoxy groups -OCH3 is 1. The van der Waals surface area contributed by atoms with Crippen LogP contribution in [0.5, 0.6) is 0 Å². The zero-order valence-corrected chi connectivity index (χ0v) is 17.9. The topological polar surface area (TPSA) is 72.0 Å². The van der Waals surface area contributed by atoms with Crippen LogP contribution in [-0.2, 0) is 34.0 Å². The molecule has 1 aromatic heterocycles. The number of pyridine rings is 1. The first-order valence-corrected chi connectivity index (χ1v) is 9.91. The number of carbonyl (C=O) groups is 2. The average Bonchev–Trinajstić information content (AvgIpc) is 3.25. The van der Waals surface area contributed by atoms with Crippen LogP contribution in [0.4, 0.5) is 4.79 Å². The second-order valence-electron chi connectivity index (χ2n) is 8.46. The Morgan fingerprint density at radius 3 is 2.61 bits per heavy atom. The summed E-state index contributed by atoms with van der Waals surface area (Å²) < 4.78 is 10.6. The van der Waals surface area contributed by atoms with Gasteiger partial charge in [0.05, 0.1) is 35.5 Å². The van der Waals surface area contributed by atoms with Crippen molar-refractivity contribution < 1.29 is 19.1 Å². The molecule has 3 heterocycles. The molecule has 0 unspecified atom stereocenters. The second-order valence-corrected chi connectivity index (χ2v) is 8.84. The normalized spacial score (nSPS) is 19.1. The molecule has 7 nitrogen and oxygen atoms in total. The molecule has 1 aromatic rings. The summed E-state index contributed by atoms with van der Waals surface area (Å²) in [5.41, 5.74) is 3.00. The van der Waals surface area contributed by atoms with Gasteiger partial charge in [-0.2, -0.15) is 0 Å². The minimum Gasteiger partial charge on any atom is -0.444 e. The average molecular weight is 410 g/mol. The SMILES string of the molecule is COCc1nc2c(c(C)c1Cl)CN(C(=O)[C@@H]1CCN(C(=O)OC(C)(C)C)C1)C2. The summed E-state index contributed by atoms with van der Waals surface area (Å²) in [7, 11) is 1.60. The van der Waals surface area contributed by atoms with E-state index in [-0.39, 0.29) is 17.9 Å². The molecule has 0 spiro atoms. The minimum atomic E-state index is -0.544. The van der Waals surface area contributed by atoms with Crippen molar-refractivity contribution in [2.24, 2.45) is 5.92 Å². The highest BCUT2D eigenvalue weighted by Gasteiger charge is 2.37. The van der Waals surface area contributed by atoms with E-state index in [1.54, 1.807) is 16.9 Å². The van der Waals surface area contributed by atoms with Crippen molar-refractivity contribution in [3.05, 3.63) is 27.5 Å². The predicted octanol–water partition coefficient (Wildman–Crippen LogP) is 3.29. The van der Waals surface area contributed by atoms with E-state index < -0.39 is 5.60 Å².